The number of ether oxygens (including phenoxy) is 1. The molecule has 4 nitrogen and oxygen atoms in total. The number of hydrogen-bond donors (Lipinski definition) is 1. The highest BCUT2D eigenvalue weighted by Crippen LogP contribution is 2.22. The van der Waals surface area contributed by atoms with Gasteiger partial charge in [-0.2, -0.15) is 0 Å². The summed E-state index contributed by atoms with van der Waals surface area (Å²) in [6.45, 7) is 4.22. The highest BCUT2D eigenvalue weighted by molar-refractivity contribution is 6.30. The maximum absolute atomic E-state index is 5.91. The molecule has 0 aliphatic rings. The van der Waals surface area contributed by atoms with Crippen molar-refractivity contribution in [3.63, 3.8) is 0 Å². The first kappa shape index (κ1) is 13.6. The van der Waals surface area contributed by atoms with Crippen molar-refractivity contribution in [1.29, 1.82) is 0 Å². The summed E-state index contributed by atoms with van der Waals surface area (Å²) in [5.41, 5.74) is 1.90. The van der Waals surface area contributed by atoms with Crippen LogP contribution in [0.4, 0.5) is 5.82 Å². The standard InChI is InChI=1S/C14H16ClN3O/c1-9-6-11(15)4-5-12(9)19-8-14-17-10(2)7-13(16-3)18-14/h4-7H,8H2,1-3H3,(H,16,17,18). The Morgan fingerprint density at radius 3 is 2.68 bits per heavy atom. The van der Waals surface area contributed by atoms with Gasteiger partial charge in [0.05, 0.1) is 0 Å². The van der Waals surface area contributed by atoms with Crippen molar-refractivity contribution in [1.82, 2.24) is 9.97 Å². The molecule has 1 heterocycles. The zero-order chi connectivity index (χ0) is 13.8. The number of rotatable bonds is 4. The summed E-state index contributed by atoms with van der Waals surface area (Å²) in [5.74, 6) is 2.23. The summed E-state index contributed by atoms with van der Waals surface area (Å²) in [5, 5.41) is 3.70. The maximum Gasteiger partial charge on any atom is 0.168 e. The molecule has 0 aliphatic heterocycles. The summed E-state index contributed by atoms with van der Waals surface area (Å²) >= 11 is 5.91. The number of benzene rings is 1. The Morgan fingerprint density at radius 1 is 1.21 bits per heavy atom. The molecule has 0 spiro atoms. The molecule has 0 bridgehead atoms. The quantitative estimate of drug-likeness (QED) is 0.931. The van der Waals surface area contributed by atoms with Crippen LogP contribution >= 0.6 is 11.6 Å². The average molecular weight is 278 g/mol. The number of nitrogens with zero attached hydrogens (tertiary/aromatic N) is 2. The first-order valence-electron chi connectivity index (χ1n) is 6.00. The van der Waals surface area contributed by atoms with E-state index in [1.54, 1.807) is 6.07 Å². The molecule has 0 amide bonds. The topological polar surface area (TPSA) is 47.0 Å². The van der Waals surface area contributed by atoms with Gasteiger partial charge in [0, 0.05) is 23.8 Å². The van der Waals surface area contributed by atoms with E-state index in [-0.39, 0.29) is 0 Å². The van der Waals surface area contributed by atoms with E-state index in [0.717, 1.165) is 22.8 Å². The summed E-state index contributed by atoms with van der Waals surface area (Å²) in [7, 11) is 1.83. The van der Waals surface area contributed by atoms with Crippen LogP contribution in [0.15, 0.2) is 24.3 Å². The molecule has 1 aromatic carbocycles. The Labute approximate surface area is 117 Å². The third-order valence-corrected chi connectivity index (χ3v) is 2.89. The van der Waals surface area contributed by atoms with Crippen LogP contribution in [0.5, 0.6) is 5.75 Å². The van der Waals surface area contributed by atoms with Gasteiger partial charge in [-0.15, -0.1) is 0 Å². The fourth-order valence-electron chi connectivity index (χ4n) is 1.74. The minimum absolute atomic E-state index is 0.332. The first-order chi connectivity index (χ1) is 9.08. The third kappa shape index (κ3) is 3.58. The number of aromatic nitrogens is 2. The average Bonchev–Trinajstić information content (AvgIpc) is 2.37. The van der Waals surface area contributed by atoms with E-state index >= 15 is 0 Å². The van der Waals surface area contributed by atoms with E-state index in [4.69, 9.17) is 16.3 Å². The van der Waals surface area contributed by atoms with Gasteiger partial charge in [0.2, 0.25) is 0 Å². The van der Waals surface area contributed by atoms with Gasteiger partial charge in [-0.3, -0.25) is 0 Å². The number of halogens is 1. The van der Waals surface area contributed by atoms with E-state index in [2.05, 4.69) is 15.3 Å². The molecule has 0 atom stereocenters. The van der Waals surface area contributed by atoms with E-state index in [0.29, 0.717) is 17.5 Å². The Balaban J connectivity index is 2.12. The zero-order valence-electron chi connectivity index (χ0n) is 11.2. The molecule has 5 heteroatoms. The highest BCUT2D eigenvalue weighted by Gasteiger charge is 2.04. The van der Waals surface area contributed by atoms with Crippen LogP contribution < -0.4 is 10.1 Å². The van der Waals surface area contributed by atoms with Crippen molar-refractivity contribution in [2.24, 2.45) is 0 Å². The molecule has 1 aromatic heterocycles. The summed E-state index contributed by atoms with van der Waals surface area (Å²) in [6, 6.07) is 7.41. The van der Waals surface area contributed by atoms with Crippen molar-refractivity contribution in [2.75, 3.05) is 12.4 Å². The van der Waals surface area contributed by atoms with Gasteiger partial charge >= 0.3 is 0 Å². The maximum atomic E-state index is 5.91. The fourth-order valence-corrected chi connectivity index (χ4v) is 1.97. The van der Waals surface area contributed by atoms with Crippen molar-refractivity contribution in [3.05, 3.63) is 46.4 Å². The zero-order valence-corrected chi connectivity index (χ0v) is 12.0. The molecule has 0 aliphatic carbocycles. The lowest BCUT2D eigenvalue weighted by molar-refractivity contribution is 0.293. The minimum Gasteiger partial charge on any atom is -0.485 e. The molecule has 1 N–H and O–H groups in total. The molecular weight excluding hydrogens is 262 g/mol. The van der Waals surface area contributed by atoms with Gasteiger partial charge < -0.3 is 10.1 Å². The number of nitrogens with one attached hydrogen (secondary N) is 1. The normalized spacial score (nSPS) is 10.3. The molecule has 0 saturated heterocycles. The second-order valence-electron chi connectivity index (χ2n) is 4.26. The molecule has 100 valence electrons. The Morgan fingerprint density at radius 2 is 2.00 bits per heavy atom. The van der Waals surface area contributed by atoms with Crippen molar-refractivity contribution in [3.8, 4) is 5.75 Å². The monoisotopic (exact) mass is 277 g/mol. The van der Waals surface area contributed by atoms with Gasteiger partial charge in [0.15, 0.2) is 5.82 Å². The van der Waals surface area contributed by atoms with Gasteiger partial charge in [-0.25, -0.2) is 9.97 Å². The smallest absolute Gasteiger partial charge is 0.168 e. The minimum atomic E-state index is 0.332. The van der Waals surface area contributed by atoms with E-state index in [9.17, 15) is 0 Å². The van der Waals surface area contributed by atoms with Gasteiger partial charge in [-0.05, 0) is 37.6 Å². The van der Waals surface area contributed by atoms with Gasteiger partial charge in [0.1, 0.15) is 18.2 Å². The number of anilines is 1. The van der Waals surface area contributed by atoms with Crippen molar-refractivity contribution < 1.29 is 4.74 Å². The van der Waals surface area contributed by atoms with Crippen LogP contribution in [-0.4, -0.2) is 17.0 Å². The van der Waals surface area contributed by atoms with E-state index in [1.165, 1.54) is 0 Å². The second-order valence-corrected chi connectivity index (χ2v) is 4.70. The predicted molar refractivity (Wildman–Crippen MR) is 76.8 cm³/mol. The van der Waals surface area contributed by atoms with Crippen molar-refractivity contribution in [2.45, 2.75) is 20.5 Å². The summed E-state index contributed by atoms with van der Waals surface area (Å²) in [4.78, 5) is 8.68. The second kappa shape index (κ2) is 5.89. The highest BCUT2D eigenvalue weighted by atomic mass is 35.5. The van der Waals surface area contributed by atoms with E-state index in [1.807, 2.05) is 39.1 Å². The van der Waals surface area contributed by atoms with E-state index < -0.39 is 0 Å². The van der Waals surface area contributed by atoms with Crippen LogP contribution in [0.1, 0.15) is 17.1 Å². The first-order valence-corrected chi connectivity index (χ1v) is 6.37. The Hall–Kier alpha value is -1.81. The Kier molecular flexibility index (Phi) is 4.22. The third-order valence-electron chi connectivity index (χ3n) is 2.65. The Bertz CT molecular complexity index is 587. The fraction of sp³-hybridized carbons (Fsp3) is 0.286. The number of aryl methyl sites for hydroxylation is 2. The number of hydrogen-bond acceptors (Lipinski definition) is 4. The van der Waals surface area contributed by atoms with Gasteiger partial charge in [0.25, 0.3) is 0 Å². The lowest BCUT2D eigenvalue weighted by Crippen LogP contribution is -2.06. The SMILES string of the molecule is CNc1cc(C)nc(COc2ccc(Cl)cc2C)n1. The largest absolute Gasteiger partial charge is 0.485 e. The van der Waals surface area contributed by atoms with Crippen LogP contribution in [-0.2, 0) is 6.61 Å². The summed E-state index contributed by atoms with van der Waals surface area (Å²) in [6.07, 6.45) is 0. The van der Waals surface area contributed by atoms with Crippen LogP contribution in [0, 0.1) is 13.8 Å². The van der Waals surface area contributed by atoms with Crippen LogP contribution in [0.2, 0.25) is 5.02 Å². The molecule has 19 heavy (non-hydrogen) atoms. The van der Waals surface area contributed by atoms with Crippen LogP contribution in [0.3, 0.4) is 0 Å². The molecule has 0 unspecified atom stereocenters. The van der Waals surface area contributed by atoms with Gasteiger partial charge in [-0.1, -0.05) is 11.6 Å². The summed E-state index contributed by atoms with van der Waals surface area (Å²) < 4.78 is 5.72. The predicted octanol–water partition coefficient (Wildman–Crippen LogP) is 3.37. The lowest BCUT2D eigenvalue weighted by Gasteiger charge is -2.10. The van der Waals surface area contributed by atoms with Crippen molar-refractivity contribution >= 4 is 17.4 Å². The molecule has 0 saturated carbocycles. The molecule has 2 rings (SSSR count). The molecule has 0 fully saturated rings. The molecular formula is C14H16ClN3O. The lowest BCUT2D eigenvalue weighted by atomic mass is 10.2. The molecule has 0 radical (unpaired) electrons. The van der Waals surface area contributed by atoms with Crippen LogP contribution in [0.25, 0.3) is 0 Å². The molecule has 2 aromatic rings.